The summed E-state index contributed by atoms with van der Waals surface area (Å²) in [7, 11) is 1.63. The zero-order chi connectivity index (χ0) is 18.4. The van der Waals surface area contributed by atoms with Gasteiger partial charge in [0, 0.05) is 17.3 Å². The second kappa shape index (κ2) is 6.09. The number of anilines is 1. The number of methoxy groups -OCH3 is 1. The van der Waals surface area contributed by atoms with Crippen LogP contribution in [0.1, 0.15) is 15.9 Å². The van der Waals surface area contributed by atoms with Crippen LogP contribution in [0.4, 0.5) is 5.69 Å². The Morgan fingerprint density at radius 3 is 2.63 bits per heavy atom. The molecule has 1 aromatic heterocycles. The molecule has 0 unspecified atom stereocenters. The van der Waals surface area contributed by atoms with Crippen LogP contribution in [-0.2, 0) is 6.42 Å². The molecule has 0 saturated carbocycles. The predicted octanol–water partition coefficient (Wildman–Crippen LogP) is 4.60. The Balaban J connectivity index is 1.64. The summed E-state index contributed by atoms with van der Waals surface area (Å²) >= 11 is 0. The van der Waals surface area contributed by atoms with Crippen LogP contribution in [0.2, 0.25) is 0 Å². The van der Waals surface area contributed by atoms with Gasteiger partial charge in [0.05, 0.1) is 29.4 Å². The Morgan fingerprint density at radius 2 is 1.81 bits per heavy atom. The normalized spacial score (nSPS) is 12.9. The first kappa shape index (κ1) is 15.8. The van der Waals surface area contributed by atoms with Crippen molar-refractivity contribution < 1.29 is 9.53 Å². The van der Waals surface area contributed by atoms with E-state index >= 15 is 0 Å². The Labute approximate surface area is 157 Å². The summed E-state index contributed by atoms with van der Waals surface area (Å²) in [6.45, 7) is 0.641. The number of amides is 1. The molecule has 5 rings (SSSR count). The quantitative estimate of drug-likeness (QED) is 0.503. The third kappa shape index (κ3) is 2.45. The van der Waals surface area contributed by atoms with Crippen molar-refractivity contribution in [2.45, 2.75) is 6.42 Å². The highest BCUT2D eigenvalue weighted by molar-refractivity contribution is 6.30. The number of aromatic nitrogens is 1. The van der Waals surface area contributed by atoms with E-state index in [-0.39, 0.29) is 5.91 Å². The van der Waals surface area contributed by atoms with Crippen molar-refractivity contribution in [2.24, 2.45) is 0 Å². The van der Waals surface area contributed by atoms with Crippen molar-refractivity contribution in [3.05, 3.63) is 77.9 Å². The van der Waals surface area contributed by atoms with E-state index in [1.807, 2.05) is 59.5 Å². The molecule has 0 radical (unpaired) electrons. The van der Waals surface area contributed by atoms with E-state index in [9.17, 15) is 4.79 Å². The Bertz CT molecular complexity index is 1190. The van der Waals surface area contributed by atoms with Gasteiger partial charge in [-0.2, -0.15) is 0 Å². The number of carbonyl (C=O) groups excluding carboxylic acids is 1. The van der Waals surface area contributed by atoms with Crippen LogP contribution in [0.5, 0.6) is 5.75 Å². The fourth-order valence-corrected chi connectivity index (χ4v) is 3.88. The van der Waals surface area contributed by atoms with E-state index in [2.05, 4.69) is 12.1 Å². The average molecular weight is 354 g/mol. The van der Waals surface area contributed by atoms with Gasteiger partial charge in [0.15, 0.2) is 0 Å². The Hall–Kier alpha value is -3.40. The minimum atomic E-state index is 0.0396. The number of rotatable bonds is 4. The predicted molar refractivity (Wildman–Crippen MR) is 108 cm³/mol. The monoisotopic (exact) mass is 354 g/mol. The molecule has 4 aromatic rings. The number of hydrogen-bond donors (Lipinski definition) is 0. The zero-order valence-electron chi connectivity index (χ0n) is 15.0. The molecule has 0 saturated heterocycles. The summed E-state index contributed by atoms with van der Waals surface area (Å²) in [6.07, 6.45) is 0.811. The Morgan fingerprint density at radius 1 is 0.963 bits per heavy atom. The molecule has 27 heavy (non-hydrogen) atoms. The number of hydrogen-bond acceptors (Lipinski definition) is 3. The van der Waals surface area contributed by atoms with Gasteiger partial charge in [-0.15, -0.1) is 0 Å². The van der Waals surface area contributed by atoms with E-state index in [0.29, 0.717) is 6.54 Å². The molecule has 1 aliphatic rings. The van der Waals surface area contributed by atoms with Gasteiger partial charge >= 0.3 is 0 Å². The van der Waals surface area contributed by atoms with Gasteiger partial charge < -0.3 is 9.64 Å². The number of carbonyl (C=O) groups is 1. The van der Waals surface area contributed by atoms with E-state index in [4.69, 9.17) is 9.72 Å². The highest BCUT2D eigenvalue weighted by Crippen LogP contribution is 2.40. The second-order valence-electron chi connectivity index (χ2n) is 6.73. The maximum atomic E-state index is 13.4. The number of benzene rings is 3. The summed E-state index contributed by atoms with van der Waals surface area (Å²) in [5, 5.41) is 1.79. The molecule has 0 spiro atoms. The largest absolute Gasteiger partial charge is 0.497 e. The summed E-state index contributed by atoms with van der Waals surface area (Å²) in [6, 6.07) is 21.9. The molecular formula is C23H18N2O2. The van der Waals surface area contributed by atoms with Gasteiger partial charge in [-0.1, -0.05) is 36.4 Å². The van der Waals surface area contributed by atoms with Crippen LogP contribution < -0.4 is 9.64 Å². The molecule has 0 fully saturated rings. The van der Waals surface area contributed by atoms with E-state index in [1.54, 1.807) is 7.11 Å². The minimum Gasteiger partial charge on any atom is -0.497 e. The van der Waals surface area contributed by atoms with Gasteiger partial charge in [-0.05, 0) is 42.3 Å². The molecule has 3 aromatic carbocycles. The van der Waals surface area contributed by atoms with E-state index < -0.39 is 0 Å². The van der Waals surface area contributed by atoms with E-state index in [1.165, 1.54) is 5.56 Å². The molecular weight excluding hydrogens is 336 g/mol. The fraction of sp³-hybridized carbons (Fsp3) is 0.130. The molecule has 1 amide bonds. The van der Waals surface area contributed by atoms with Gasteiger partial charge in [0.2, 0.25) is 0 Å². The molecule has 0 aliphatic carbocycles. The summed E-state index contributed by atoms with van der Waals surface area (Å²) < 4.78 is 5.37. The van der Waals surface area contributed by atoms with Crippen molar-refractivity contribution in [3.63, 3.8) is 0 Å². The van der Waals surface area contributed by atoms with Gasteiger partial charge in [-0.25, -0.2) is 4.98 Å². The number of nitrogens with zero attached hydrogens (tertiary/aromatic N) is 2. The maximum Gasteiger partial charge on any atom is 0.259 e. The molecule has 4 nitrogen and oxygen atoms in total. The average Bonchev–Trinajstić information content (AvgIpc) is 3.00. The standard InChI is InChI=1S/C23H18N2O2/c1-27-16-10-11-18-17(14-16)21-22-19(24-18)8-5-9-20(22)25(23(21)26)13-12-15-6-3-2-4-7-15/h2-11,14H,12-13H2,1H3. The first-order valence-electron chi connectivity index (χ1n) is 9.02. The molecule has 0 atom stereocenters. The molecule has 0 N–H and O–H groups in total. The molecule has 4 heteroatoms. The summed E-state index contributed by atoms with van der Waals surface area (Å²) in [4.78, 5) is 20.0. The van der Waals surface area contributed by atoms with Gasteiger partial charge in [-0.3, -0.25) is 4.79 Å². The topological polar surface area (TPSA) is 42.4 Å². The summed E-state index contributed by atoms with van der Waals surface area (Å²) in [5.74, 6) is 0.769. The third-order valence-corrected chi connectivity index (χ3v) is 5.20. The highest BCUT2D eigenvalue weighted by atomic mass is 16.5. The van der Waals surface area contributed by atoms with Gasteiger partial charge in [0.25, 0.3) is 5.91 Å². The van der Waals surface area contributed by atoms with E-state index in [0.717, 1.165) is 45.2 Å². The minimum absolute atomic E-state index is 0.0396. The molecule has 0 bridgehead atoms. The third-order valence-electron chi connectivity index (χ3n) is 5.20. The first-order valence-corrected chi connectivity index (χ1v) is 9.02. The summed E-state index contributed by atoms with van der Waals surface area (Å²) in [5.41, 5.74) is 4.57. The SMILES string of the molecule is COc1ccc2nc3cccc4c3c(c2c1)C(=O)N4CCc1ccccc1. The van der Waals surface area contributed by atoms with Crippen LogP contribution >= 0.6 is 0 Å². The number of pyridine rings is 1. The number of fused-ring (bicyclic) bond motifs is 2. The fourth-order valence-electron chi connectivity index (χ4n) is 3.88. The second-order valence-corrected chi connectivity index (χ2v) is 6.73. The lowest BCUT2D eigenvalue weighted by molar-refractivity contribution is 0.0995. The van der Waals surface area contributed by atoms with Crippen molar-refractivity contribution in [2.75, 3.05) is 18.6 Å². The Kier molecular flexibility index (Phi) is 3.57. The van der Waals surface area contributed by atoms with Crippen molar-refractivity contribution >= 4 is 33.4 Å². The van der Waals surface area contributed by atoms with Crippen LogP contribution in [0.15, 0.2) is 66.7 Å². The smallest absolute Gasteiger partial charge is 0.259 e. The number of ether oxygens (including phenoxy) is 1. The zero-order valence-corrected chi connectivity index (χ0v) is 15.0. The molecule has 132 valence electrons. The van der Waals surface area contributed by atoms with Crippen molar-refractivity contribution in [3.8, 4) is 5.75 Å². The van der Waals surface area contributed by atoms with Crippen molar-refractivity contribution in [1.29, 1.82) is 0 Å². The lowest BCUT2D eigenvalue weighted by Crippen LogP contribution is -2.29. The molecule has 1 aliphatic heterocycles. The van der Waals surface area contributed by atoms with Crippen LogP contribution in [-0.4, -0.2) is 24.5 Å². The lowest BCUT2D eigenvalue weighted by atomic mass is 10.0. The lowest BCUT2D eigenvalue weighted by Gasteiger charge is -2.17. The van der Waals surface area contributed by atoms with Gasteiger partial charge in [0.1, 0.15) is 5.75 Å². The van der Waals surface area contributed by atoms with Crippen molar-refractivity contribution in [1.82, 2.24) is 4.98 Å². The maximum absolute atomic E-state index is 13.4. The first-order chi connectivity index (χ1) is 13.3. The highest BCUT2D eigenvalue weighted by Gasteiger charge is 2.32. The molecule has 2 heterocycles. The van der Waals surface area contributed by atoms with Crippen LogP contribution in [0, 0.1) is 0 Å². The van der Waals surface area contributed by atoms with Crippen LogP contribution in [0.3, 0.4) is 0 Å². The van der Waals surface area contributed by atoms with Crippen LogP contribution in [0.25, 0.3) is 21.8 Å².